The molecule has 0 saturated carbocycles. The van der Waals surface area contributed by atoms with Crippen LogP contribution in [0.1, 0.15) is 16.1 Å². The number of primary amides is 1. The number of amides is 2. The predicted octanol–water partition coefficient (Wildman–Crippen LogP) is 2.76. The second-order valence-corrected chi connectivity index (χ2v) is 6.93. The van der Waals surface area contributed by atoms with Crippen molar-refractivity contribution < 1.29 is 14.3 Å². The molecule has 2 aromatic carbocycles. The normalized spacial score (nSPS) is 10.9. The summed E-state index contributed by atoms with van der Waals surface area (Å²) in [5, 5.41) is 2.40. The molecular formula is C19H14N4O4S. The Balaban J connectivity index is 1.52. The van der Waals surface area contributed by atoms with Crippen molar-refractivity contribution >= 4 is 44.2 Å². The van der Waals surface area contributed by atoms with Gasteiger partial charge >= 0.3 is 12.0 Å². The summed E-state index contributed by atoms with van der Waals surface area (Å²) in [6.45, 7) is -0.125. The molecule has 2 aromatic heterocycles. The highest BCUT2D eigenvalue weighted by atomic mass is 32.1. The van der Waals surface area contributed by atoms with Crippen LogP contribution in [-0.2, 0) is 11.3 Å². The topological polar surface area (TPSA) is 116 Å². The molecule has 0 aliphatic heterocycles. The zero-order chi connectivity index (χ0) is 19.7. The van der Waals surface area contributed by atoms with Crippen molar-refractivity contribution in [3.8, 4) is 0 Å². The number of hydrogen-bond acceptors (Lipinski definition) is 6. The number of para-hydroxylation sites is 1. The van der Waals surface area contributed by atoms with E-state index >= 15 is 0 Å². The summed E-state index contributed by atoms with van der Waals surface area (Å²) in [5.41, 5.74) is 6.75. The molecule has 0 atom stereocenters. The molecule has 0 unspecified atom stereocenters. The van der Waals surface area contributed by atoms with Crippen LogP contribution in [0.2, 0.25) is 0 Å². The van der Waals surface area contributed by atoms with E-state index in [1.54, 1.807) is 0 Å². The van der Waals surface area contributed by atoms with Gasteiger partial charge in [-0.15, -0.1) is 0 Å². The fraction of sp³-hybridized carbons (Fsp3) is 0.0526. The van der Waals surface area contributed by atoms with Gasteiger partial charge in [-0.25, -0.2) is 14.6 Å². The number of urea groups is 1. The lowest BCUT2D eigenvalue weighted by atomic mass is 10.2. The van der Waals surface area contributed by atoms with E-state index in [9.17, 15) is 14.4 Å². The number of aromatic nitrogens is 2. The second kappa shape index (κ2) is 7.12. The third kappa shape index (κ3) is 3.42. The van der Waals surface area contributed by atoms with Crippen molar-refractivity contribution in [2.75, 3.05) is 5.32 Å². The number of benzene rings is 2. The van der Waals surface area contributed by atoms with Crippen LogP contribution in [0, 0.1) is 0 Å². The first-order chi connectivity index (χ1) is 13.5. The van der Waals surface area contributed by atoms with E-state index in [4.69, 9.17) is 10.5 Å². The van der Waals surface area contributed by atoms with Crippen LogP contribution in [0.25, 0.3) is 15.2 Å². The van der Waals surface area contributed by atoms with Gasteiger partial charge < -0.3 is 15.8 Å². The maximum absolute atomic E-state index is 12.5. The number of anilines is 1. The van der Waals surface area contributed by atoms with Gasteiger partial charge in [-0.2, -0.15) is 0 Å². The van der Waals surface area contributed by atoms with Crippen molar-refractivity contribution in [3.05, 3.63) is 76.2 Å². The number of carbonyl (C=O) groups excluding carboxylic acids is 2. The maximum Gasteiger partial charge on any atom is 0.338 e. The maximum atomic E-state index is 12.5. The van der Waals surface area contributed by atoms with Crippen LogP contribution in [0.5, 0.6) is 0 Å². The van der Waals surface area contributed by atoms with E-state index in [0.717, 1.165) is 10.2 Å². The molecule has 8 nitrogen and oxygen atoms in total. The van der Waals surface area contributed by atoms with E-state index in [2.05, 4.69) is 10.3 Å². The minimum atomic E-state index is -0.690. The largest absolute Gasteiger partial charge is 0.456 e. The first-order valence-corrected chi connectivity index (χ1v) is 9.07. The van der Waals surface area contributed by atoms with E-state index in [0.29, 0.717) is 21.9 Å². The number of nitrogens with two attached hydrogens (primary N) is 1. The number of rotatable bonds is 4. The number of hydrogen-bond donors (Lipinski definition) is 2. The van der Waals surface area contributed by atoms with Crippen molar-refractivity contribution in [2.45, 2.75) is 6.61 Å². The van der Waals surface area contributed by atoms with E-state index in [-0.39, 0.29) is 12.2 Å². The zero-order valence-electron chi connectivity index (χ0n) is 14.4. The Kier molecular flexibility index (Phi) is 4.50. The van der Waals surface area contributed by atoms with Crippen molar-refractivity contribution in [1.29, 1.82) is 0 Å². The van der Waals surface area contributed by atoms with Gasteiger partial charge in [0.05, 0.1) is 21.5 Å². The number of nitrogens with one attached hydrogen (secondary N) is 1. The Morgan fingerprint density at radius 3 is 2.64 bits per heavy atom. The summed E-state index contributed by atoms with van der Waals surface area (Å²) in [7, 11) is 0. The lowest BCUT2D eigenvalue weighted by Crippen LogP contribution is -2.19. The molecule has 28 heavy (non-hydrogen) atoms. The molecular weight excluding hydrogens is 380 g/mol. The first-order valence-electron chi connectivity index (χ1n) is 8.25. The van der Waals surface area contributed by atoms with Crippen LogP contribution >= 0.6 is 11.3 Å². The number of nitrogens with zero attached hydrogens (tertiary/aromatic N) is 2. The van der Waals surface area contributed by atoms with Gasteiger partial charge in [0.1, 0.15) is 6.61 Å². The highest BCUT2D eigenvalue weighted by Gasteiger charge is 2.12. The standard InChI is InChI=1S/C19H14N4O4S/c20-18(26)21-12-7-5-11(6-8-12)17(25)27-10-13-9-16(24)23-14-3-1-2-4-15(14)28-19(23)22-13/h1-9H,10H2,(H3,20,21,26). The van der Waals surface area contributed by atoms with E-state index in [1.807, 2.05) is 24.3 Å². The summed E-state index contributed by atoms with van der Waals surface area (Å²) in [4.78, 5) is 40.4. The molecule has 2 amide bonds. The van der Waals surface area contributed by atoms with Gasteiger partial charge in [-0.3, -0.25) is 9.20 Å². The van der Waals surface area contributed by atoms with Crippen LogP contribution in [0.4, 0.5) is 10.5 Å². The lowest BCUT2D eigenvalue weighted by molar-refractivity contribution is 0.0468. The number of ether oxygens (including phenoxy) is 1. The zero-order valence-corrected chi connectivity index (χ0v) is 15.2. The molecule has 140 valence electrons. The lowest BCUT2D eigenvalue weighted by Gasteiger charge is -2.06. The van der Waals surface area contributed by atoms with Crippen molar-refractivity contribution in [3.63, 3.8) is 0 Å². The van der Waals surface area contributed by atoms with Gasteiger partial charge in [0.2, 0.25) is 0 Å². The molecule has 0 saturated heterocycles. The average Bonchev–Trinajstić information content (AvgIpc) is 3.05. The predicted molar refractivity (Wildman–Crippen MR) is 106 cm³/mol. The highest BCUT2D eigenvalue weighted by Crippen LogP contribution is 2.23. The van der Waals surface area contributed by atoms with Gasteiger partial charge in [-0.1, -0.05) is 23.5 Å². The number of carbonyl (C=O) groups is 2. The molecule has 0 aliphatic carbocycles. The van der Waals surface area contributed by atoms with Crippen LogP contribution in [-0.4, -0.2) is 21.4 Å². The fourth-order valence-electron chi connectivity index (χ4n) is 2.75. The number of thiazole rings is 1. The summed E-state index contributed by atoms with van der Waals surface area (Å²) in [6.07, 6.45) is 0. The van der Waals surface area contributed by atoms with Gasteiger partial charge in [0, 0.05) is 11.8 Å². The SMILES string of the molecule is NC(=O)Nc1ccc(C(=O)OCc2cc(=O)n3c(n2)sc2ccccc23)cc1. The fourth-order valence-corrected chi connectivity index (χ4v) is 3.80. The summed E-state index contributed by atoms with van der Waals surface area (Å²) in [6, 6.07) is 14.3. The Hall–Kier alpha value is -3.72. The minimum absolute atomic E-state index is 0.125. The van der Waals surface area contributed by atoms with E-state index < -0.39 is 12.0 Å². The second-order valence-electron chi connectivity index (χ2n) is 5.92. The summed E-state index contributed by atoms with van der Waals surface area (Å²) < 4.78 is 7.74. The Labute approximate surface area is 162 Å². The number of esters is 1. The monoisotopic (exact) mass is 394 g/mol. The van der Waals surface area contributed by atoms with Crippen molar-refractivity contribution in [1.82, 2.24) is 9.38 Å². The average molecular weight is 394 g/mol. The Morgan fingerprint density at radius 2 is 1.89 bits per heavy atom. The van der Waals surface area contributed by atoms with Crippen LogP contribution in [0.15, 0.2) is 59.4 Å². The van der Waals surface area contributed by atoms with Gasteiger partial charge in [-0.05, 0) is 36.4 Å². The third-order valence-electron chi connectivity index (χ3n) is 3.99. The van der Waals surface area contributed by atoms with Crippen LogP contribution in [0.3, 0.4) is 0 Å². The molecule has 0 fully saturated rings. The molecule has 2 heterocycles. The molecule has 0 radical (unpaired) electrons. The molecule has 9 heteroatoms. The molecule has 4 rings (SSSR count). The molecule has 4 aromatic rings. The molecule has 0 bridgehead atoms. The van der Waals surface area contributed by atoms with E-state index in [1.165, 1.54) is 46.1 Å². The first kappa shape index (κ1) is 17.7. The molecule has 0 aliphatic rings. The van der Waals surface area contributed by atoms with Crippen molar-refractivity contribution in [2.24, 2.45) is 5.73 Å². The summed E-state index contributed by atoms with van der Waals surface area (Å²) >= 11 is 1.39. The number of fused-ring (bicyclic) bond motifs is 3. The Morgan fingerprint density at radius 1 is 1.14 bits per heavy atom. The smallest absolute Gasteiger partial charge is 0.338 e. The Bertz CT molecular complexity index is 1260. The molecule has 0 spiro atoms. The highest BCUT2D eigenvalue weighted by molar-refractivity contribution is 7.23. The molecule has 3 N–H and O–H groups in total. The quantitative estimate of drug-likeness (QED) is 0.516. The minimum Gasteiger partial charge on any atom is -0.456 e. The third-order valence-corrected chi connectivity index (χ3v) is 5.01. The summed E-state index contributed by atoms with van der Waals surface area (Å²) in [5.74, 6) is -0.566. The van der Waals surface area contributed by atoms with Gasteiger partial charge in [0.15, 0.2) is 4.96 Å². The van der Waals surface area contributed by atoms with Crippen LogP contribution < -0.4 is 16.6 Å². The van der Waals surface area contributed by atoms with Gasteiger partial charge in [0.25, 0.3) is 5.56 Å².